The van der Waals surface area contributed by atoms with Gasteiger partial charge in [0.1, 0.15) is 23.7 Å². The third-order valence-corrected chi connectivity index (χ3v) is 6.23. The smallest absolute Gasteiger partial charge is 0.422 e. The number of aromatic hydroxyl groups is 1. The van der Waals surface area contributed by atoms with Crippen LogP contribution in [0.2, 0.25) is 0 Å². The van der Waals surface area contributed by atoms with Gasteiger partial charge >= 0.3 is 6.18 Å². The number of carbonyl (C=O) groups is 2. The number of aliphatic hydroxyl groups excluding tert-OH is 1. The third-order valence-electron chi connectivity index (χ3n) is 6.23. The number of rotatable bonds is 7. The van der Waals surface area contributed by atoms with Crippen molar-refractivity contribution in [1.82, 2.24) is 20.2 Å². The van der Waals surface area contributed by atoms with Gasteiger partial charge in [0.15, 0.2) is 12.4 Å². The molecule has 1 fully saturated rings. The molecule has 1 aliphatic heterocycles. The van der Waals surface area contributed by atoms with E-state index in [-0.39, 0.29) is 34.3 Å². The Bertz CT molecular complexity index is 1300. The lowest BCUT2D eigenvalue weighted by atomic mass is 10.0. The molecule has 0 aliphatic carbocycles. The van der Waals surface area contributed by atoms with Gasteiger partial charge in [0.2, 0.25) is 5.91 Å². The Hall–Kier alpha value is -3.80. The Morgan fingerprint density at radius 1 is 1.24 bits per heavy atom. The summed E-state index contributed by atoms with van der Waals surface area (Å²) in [5.74, 6) is -1.30. The molecule has 1 saturated heterocycles. The highest BCUT2D eigenvalue weighted by atomic mass is 19.4. The van der Waals surface area contributed by atoms with E-state index in [1.54, 1.807) is 18.2 Å². The van der Waals surface area contributed by atoms with E-state index in [4.69, 9.17) is 9.84 Å². The number of fused-ring (bicyclic) bond motifs is 1. The maximum Gasteiger partial charge on any atom is 0.422 e. The molecule has 0 unspecified atom stereocenters. The number of phenolic OH excluding ortho intramolecular Hbond substituents is 1. The highest BCUT2D eigenvalue weighted by molar-refractivity contribution is 6.03. The van der Waals surface area contributed by atoms with Crippen molar-refractivity contribution in [1.29, 1.82) is 0 Å². The number of pyridine rings is 1. The van der Waals surface area contributed by atoms with Crippen molar-refractivity contribution >= 4 is 22.8 Å². The third kappa shape index (κ3) is 5.96. The van der Waals surface area contributed by atoms with Crippen LogP contribution in [-0.2, 0) is 11.2 Å². The quantitative estimate of drug-likeness (QED) is 0.379. The van der Waals surface area contributed by atoms with Crippen molar-refractivity contribution in [2.75, 3.05) is 26.3 Å². The van der Waals surface area contributed by atoms with Crippen LogP contribution in [0.5, 0.6) is 11.5 Å². The number of carbonyl (C=O) groups excluding carboxylic acids is 2. The number of hydrogen-bond acceptors (Lipinski definition) is 6. The number of nitrogens with zero attached hydrogens (tertiary/aromatic N) is 2. The molecule has 0 saturated carbocycles. The second-order valence-electron chi connectivity index (χ2n) is 8.80. The summed E-state index contributed by atoms with van der Waals surface area (Å²) in [5.41, 5.74) is 1.84. The lowest BCUT2D eigenvalue weighted by Gasteiger charge is -2.32. The van der Waals surface area contributed by atoms with E-state index < -0.39 is 31.2 Å². The number of phenols is 1. The molecule has 198 valence electrons. The molecule has 4 N–H and O–H groups in total. The number of amides is 2. The first-order valence-electron chi connectivity index (χ1n) is 11.8. The summed E-state index contributed by atoms with van der Waals surface area (Å²) in [4.78, 5) is 33.7. The molecule has 0 spiro atoms. The minimum Gasteiger partial charge on any atom is -0.508 e. The molecule has 37 heavy (non-hydrogen) atoms. The van der Waals surface area contributed by atoms with E-state index in [0.29, 0.717) is 49.2 Å². The van der Waals surface area contributed by atoms with Crippen LogP contribution in [0.1, 0.15) is 35.9 Å². The number of aryl methyl sites for hydroxylation is 1. The predicted molar refractivity (Wildman–Crippen MR) is 128 cm³/mol. The number of hydrogen-bond donors (Lipinski definition) is 4. The molecule has 12 heteroatoms. The van der Waals surface area contributed by atoms with Crippen molar-refractivity contribution < 1.29 is 37.7 Å². The number of halogens is 3. The Morgan fingerprint density at radius 2 is 1.97 bits per heavy atom. The minimum absolute atomic E-state index is 0.0223. The average Bonchev–Trinajstić information content (AvgIpc) is 3.23. The number of alkyl halides is 3. The number of nitrogens with one attached hydrogen (secondary N) is 2. The average molecular weight is 521 g/mol. The maximum absolute atomic E-state index is 13.2. The molecule has 0 bridgehead atoms. The molecule has 9 nitrogen and oxygen atoms in total. The van der Waals surface area contributed by atoms with Crippen molar-refractivity contribution in [3.8, 4) is 22.6 Å². The zero-order chi connectivity index (χ0) is 26.7. The van der Waals surface area contributed by atoms with E-state index in [1.807, 2.05) is 6.92 Å². The summed E-state index contributed by atoms with van der Waals surface area (Å²) in [7, 11) is 0. The van der Waals surface area contributed by atoms with Crippen molar-refractivity contribution in [3.63, 3.8) is 0 Å². The molecular formula is C25H27F3N4O5. The second kappa shape index (κ2) is 10.7. The molecule has 3 heterocycles. The van der Waals surface area contributed by atoms with E-state index >= 15 is 0 Å². The number of aromatic amines is 1. The van der Waals surface area contributed by atoms with E-state index in [9.17, 15) is 27.9 Å². The van der Waals surface area contributed by atoms with E-state index in [2.05, 4.69) is 15.3 Å². The lowest BCUT2D eigenvalue weighted by Crippen LogP contribution is -2.47. The van der Waals surface area contributed by atoms with Crippen molar-refractivity contribution in [2.24, 2.45) is 0 Å². The Labute approximate surface area is 210 Å². The number of ether oxygens (including phenoxy) is 1. The Morgan fingerprint density at radius 3 is 2.59 bits per heavy atom. The van der Waals surface area contributed by atoms with Crippen LogP contribution in [0.3, 0.4) is 0 Å². The van der Waals surface area contributed by atoms with Gasteiger partial charge in [-0.15, -0.1) is 0 Å². The van der Waals surface area contributed by atoms with Crippen LogP contribution in [0, 0.1) is 0 Å². The largest absolute Gasteiger partial charge is 0.508 e. The predicted octanol–water partition coefficient (Wildman–Crippen LogP) is 3.15. The SMILES string of the molecule is CCc1nc2[nH]c(C(=O)NC3CCN(C(=O)CO)CC3)c(OCC(F)(F)F)c2cc1-c1cccc(O)c1. The number of aromatic nitrogens is 2. The molecule has 1 aromatic carbocycles. The van der Waals surface area contributed by atoms with E-state index in [1.165, 1.54) is 17.0 Å². The summed E-state index contributed by atoms with van der Waals surface area (Å²) in [6.07, 6.45) is -3.29. The Balaban J connectivity index is 1.69. The number of benzene rings is 1. The zero-order valence-electron chi connectivity index (χ0n) is 20.1. The zero-order valence-corrected chi connectivity index (χ0v) is 20.1. The number of piperidine rings is 1. The summed E-state index contributed by atoms with van der Waals surface area (Å²) >= 11 is 0. The van der Waals surface area contributed by atoms with Crippen LogP contribution < -0.4 is 10.1 Å². The fraction of sp³-hybridized carbons (Fsp3) is 0.400. The van der Waals surface area contributed by atoms with Gasteiger partial charge in [0.05, 0.1) is 11.1 Å². The fourth-order valence-electron chi connectivity index (χ4n) is 4.42. The van der Waals surface area contributed by atoms with Gasteiger partial charge in [-0.25, -0.2) is 4.98 Å². The van der Waals surface area contributed by atoms with Gasteiger partial charge in [0, 0.05) is 24.7 Å². The first-order chi connectivity index (χ1) is 17.6. The lowest BCUT2D eigenvalue weighted by molar-refractivity contribution is -0.153. The van der Waals surface area contributed by atoms with Crippen LogP contribution in [0.25, 0.3) is 22.2 Å². The normalized spacial score (nSPS) is 14.7. The van der Waals surface area contributed by atoms with Crippen LogP contribution >= 0.6 is 0 Å². The molecular weight excluding hydrogens is 493 g/mol. The van der Waals surface area contributed by atoms with Crippen LogP contribution in [-0.4, -0.2) is 75.4 Å². The topological polar surface area (TPSA) is 128 Å². The van der Waals surface area contributed by atoms with Gasteiger partial charge in [-0.3, -0.25) is 9.59 Å². The second-order valence-corrected chi connectivity index (χ2v) is 8.80. The molecule has 2 aromatic heterocycles. The van der Waals surface area contributed by atoms with Crippen molar-refractivity contribution in [3.05, 3.63) is 41.7 Å². The number of likely N-dealkylation sites (tertiary alicyclic amines) is 1. The van der Waals surface area contributed by atoms with Gasteiger partial charge in [0.25, 0.3) is 5.91 Å². The summed E-state index contributed by atoms with van der Waals surface area (Å²) < 4.78 is 44.3. The van der Waals surface area contributed by atoms with Crippen LogP contribution in [0.4, 0.5) is 13.2 Å². The molecule has 4 rings (SSSR count). The Kier molecular flexibility index (Phi) is 7.58. The molecule has 0 atom stereocenters. The highest BCUT2D eigenvalue weighted by Gasteiger charge is 2.32. The molecule has 1 aliphatic rings. The monoisotopic (exact) mass is 520 g/mol. The summed E-state index contributed by atoms with van der Waals surface area (Å²) in [5, 5.41) is 21.9. The first-order valence-corrected chi connectivity index (χ1v) is 11.8. The number of aliphatic hydroxyl groups is 1. The highest BCUT2D eigenvalue weighted by Crippen LogP contribution is 2.36. The van der Waals surface area contributed by atoms with E-state index in [0.717, 1.165) is 0 Å². The molecule has 3 aromatic rings. The molecule has 0 radical (unpaired) electrons. The molecule has 2 amide bonds. The first kappa shape index (κ1) is 26.3. The van der Waals surface area contributed by atoms with Gasteiger partial charge < -0.3 is 30.2 Å². The summed E-state index contributed by atoms with van der Waals surface area (Å²) in [6, 6.07) is 7.69. The van der Waals surface area contributed by atoms with Gasteiger partial charge in [-0.2, -0.15) is 13.2 Å². The van der Waals surface area contributed by atoms with Crippen LogP contribution in [0.15, 0.2) is 30.3 Å². The van der Waals surface area contributed by atoms with Gasteiger partial charge in [-0.1, -0.05) is 19.1 Å². The minimum atomic E-state index is -4.63. The standard InChI is InChI=1S/C25H27F3N4O5/c1-2-19-17(14-4-3-5-16(34)10-14)11-18-22(37-13-25(26,27)28)21(31-23(18)30-19)24(36)29-15-6-8-32(9-7-15)20(35)12-33/h3-5,10-11,15,33-34H,2,6-9,12-13H2,1H3,(H,29,36)(H,30,31). The van der Waals surface area contributed by atoms with Gasteiger partial charge in [-0.05, 0) is 43.0 Å². The van der Waals surface area contributed by atoms with Crippen molar-refractivity contribution in [2.45, 2.75) is 38.4 Å². The summed E-state index contributed by atoms with van der Waals surface area (Å²) in [6.45, 7) is 0.348. The fourth-order valence-corrected chi connectivity index (χ4v) is 4.42. The maximum atomic E-state index is 13.2. The number of H-pyrrole nitrogens is 1.